The van der Waals surface area contributed by atoms with Gasteiger partial charge in [-0.25, -0.2) is 0 Å². The van der Waals surface area contributed by atoms with E-state index in [9.17, 15) is 9.90 Å². The molecule has 1 saturated heterocycles. The van der Waals surface area contributed by atoms with Crippen LogP contribution in [0, 0.1) is 0 Å². The Kier molecular flexibility index (Phi) is 7.28. The molecular formula is C15H25N3O3S. The van der Waals surface area contributed by atoms with Gasteiger partial charge in [-0.15, -0.1) is 11.3 Å². The molecule has 1 aromatic heterocycles. The summed E-state index contributed by atoms with van der Waals surface area (Å²) >= 11 is 1.59. The Labute approximate surface area is 135 Å². The van der Waals surface area contributed by atoms with E-state index in [0.717, 1.165) is 31.1 Å². The molecule has 2 N–H and O–H groups in total. The third-order valence-electron chi connectivity index (χ3n) is 3.76. The molecule has 1 aliphatic rings. The smallest absolute Gasteiger partial charge is 0.234 e. The Morgan fingerprint density at radius 2 is 2.14 bits per heavy atom. The molecule has 1 aromatic rings. The molecule has 2 rings (SSSR count). The number of nitrogens with one attached hydrogen (secondary N) is 1. The molecule has 22 heavy (non-hydrogen) atoms. The molecule has 1 fully saturated rings. The van der Waals surface area contributed by atoms with E-state index in [4.69, 9.17) is 4.74 Å². The predicted molar refractivity (Wildman–Crippen MR) is 87.0 cm³/mol. The van der Waals surface area contributed by atoms with Crippen LogP contribution in [0.4, 0.5) is 0 Å². The Hall–Kier alpha value is -0.990. The maximum absolute atomic E-state index is 11.7. The van der Waals surface area contributed by atoms with Gasteiger partial charge in [-0.2, -0.15) is 0 Å². The Bertz CT molecular complexity index is 433. The van der Waals surface area contributed by atoms with Crippen LogP contribution in [0.15, 0.2) is 17.5 Å². The maximum atomic E-state index is 11.7. The molecule has 6 nitrogen and oxygen atoms in total. The second kappa shape index (κ2) is 9.22. The Balaban J connectivity index is 1.64. The molecule has 0 spiro atoms. The third-order valence-corrected chi connectivity index (χ3v) is 4.74. The lowest BCUT2D eigenvalue weighted by atomic mass is 10.2. The van der Waals surface area contributed by atoms with Crippen molar-refractivity contribution in [2.45, 2.75) is 6.10 Å². The van der Waals surface area contributed by atoms with Crippen molar-refractivity contribution in [3.63, 3.8) is 0 Å². The second-order valence-electron chi connectivity index (χ2n) is 5.45. The lowest BCUT2D eigenvalue weighted by Crippen LogP contribution is -2.50. The van der Waals surface area contributed by atoms with Gasteiger partial charge in [0.05, 0.1) is 13.2 Å². The van der Waals surface area contributed by atoms with Crippen LogP contribution in [-0.4, -0.2) is 80.3 Å². The Morgan fingerprint density at radius 3 is 2.77 bits per heavy atom. The van der Waals surface area contributed by atoms with Gasteiger partial charge in [-0.1, -0.05) is 6.07 Å². The number of carbonyl (C=O) groups is 1. The molecular weight excluding hydrogens is 302 g/mol. The zero-order valence-electron chi connectivity index (χ0n) is 13.0. The van der Waals surface area contributed by atoms with E-state index >= 15 is 0 Å². The van der Waals surface area contributed by atoms with E-state index in [1.165, 1.54) is 0 Å². The van der Waals surface area contributed by atoms with Crippen molar-refractivity contribution in [3.8, 4) is 0 Å². The van der Waals surface area contributed by atoms with Gasteiger partial charge < -0.3 is 15.2 Å². The van der Waals surface area contributed by atoms with Crippen LogP contribution in [0.2, 0.25) is 0 Å². The van der Waals surface area contributed by atoms with E-state index in [0.29, 0.717) is 26.2 Å². The highest BCUT2D eigenvalue weighted by atomic mass is 32.1. The first-order chi connectivity index (χ1) is 10.7. The summed E-state index contributed by atoms with van der Waals surface area (Å²) < 4.78 is 4.91. The molecule has 2 heterocycles. The average Bonchev–Trinajstić information content (AvgIpc) is 3.04. The highest BCUT2D eigenvalue weighted by molar-refractivity contribution is 7.10. The monoisotopic (exact) mass is 327 g/mol. The van der Waals surface area contributed by atoms with Crippen LogP contribution in [0.3, 0.4) is 0 Å². The zero-order valence-corrected chi connectivity index (χ0v) is 13.8. The van der Waals surface area contributed by atoms with Crippen LogP contribution in [0.1, 0.15) is 11.0 Å². The fourth-order valence-electron chi connectivity index (χ4n) is 2.50. The highest BCUT2D eigenvalue weighted by Gasteiger charge is 2.21. The molecule has 0 radical (unpaired) electrons. The van der Waals surface area contributed by atoms with Crippen LogP contribution in [0.5, 0.6) is 0 Å². The number of carbonyl (C=O) groups excluding carboxylic acids is 1. The van der Waals surface area contributed by atoms with Gasteiger partial charge >= 0.3 is 0 Å². The standard InChI is InChI=1S/C15H25N3O3S/c1-21-9-4-16-15(20)12-18-7-5-17(6-8-18)11-13(19)14-3-2-10-22-14/h2-3,10,13,19H,4-9,11-12H2,1H3,(H,16,20). The van der Waals surface area contributed by atoms with Crippen molar-refractivity contribution in [2.24, 2.45) is 0 Å². The first-order valence-corrected chi connectivity index (χ1v) is 8.49. The van der Waals surface area contributed by atoms with Crippen LogP contribution < -0.4 is 5.32 Å². The van der Waals surface area contributed by atoms with Gasteiger partial charge in [-0.05, 0) is 11.4 Å². The van der Waals surface area contributed by atoms with Gasteiger partial charge in [0.1, 0.15) is 6.10 Å². The number of ether oxygens (including phenoxy) is 1. The van der Waals surface area contributed by atoms with Crippen molar-refractivity contribution >= 4 is 17.2 Å². The number of amides is 1. The quantitative estimate of drug-likeness (QED) is 0.666. The molecule has 1 atom stereocenters. The highest BCUT2D eigenvalue weighted by Crippen LogP contribution is 2.20. The van der Waals surface area contributed by atoms with E-state index in [-0.39, 0.29) is 5.91 Å². The first kappa shape index (κ1) is 17.4. The average molecular weight is 327 g/mol. The van der Waals surface area contributed by atoms with E-state index in [1.54, 1.807) is 18.4 Å². The van der Waals surface area contributed by atoms with Gasteiger partial charge in [0.25, 0.3) is 0 Å². The maximum Gasteiger partial charge on any atom is 0.234 e. The van der Waals surface area contributed by atoms with Crippen molar-refractivity contribution in [1.82, 2.24) is 15.1 Å². The van der Waals surface area contributed by atoms with Crippen molar-refractivity contribution in [1.29, 1.82) is 0 Å². The summed E-state index contributed by atoms with van der Waals surface area (Å²) in [6.07, 6.45) is -0.413. The number of piperazine rings is 1. The fourth-order valence-corrected chi connectivity index (χ4v) is 3.20. The number of rotatable bonds is 8. The van der Waals surface area contributed by atoms with Crippen LogP contribution in [0.25, 0.3) is 0 Å². The number of aliphatic hydroxyl groups is 1. The zero-order chi connectivity index (χ0) is 15.8. The fraction of sp³-hybridized carbons (Fsp3) is 0.667. The summed E-state index contributed by atoms with van der Waals surface area (Å²) in [6.45, 7) is 5.67. The number of nitrogens with zero attached hydrogens (tertiary/aromatic N) is 2. The lowest BCUT2D eigenvalue weighted by molar-refractivity contribution is -0.122. The minimum Gasteiger partial charge on any atom is -0.386 e. The summed E-state index contributed by atoms with van der Waals surface area (Å²) in [5.41, 5.74) is 0. The second-order valence-corrected chi connectivity index (χ2v) is 6.43. The molecule has 1 aliphatic heterocycles. The van der Waals surface area contributed by atoms with Crippen LogP contribution >= 0.6 is 11.3 Å². The number of thiophene rings is 1. The van der Waals surface area contributed by atoms with Crippen LogP contribution in [-0.2, 0) is 9.53 Å². The molecule has 7 heteroatoms. The molecule has 0 aromatic carbocycles. The molecule has 1 unspecified atom stereocenters. The van der Waals surface area contributed by atoms with E-state index < -0.39 is 6.10 Å². The first-order valence-electron chi connectivity index (χ1n) is 7.61. The van der Waals surface area contributed by atoms with Crippen molar-refractivity contribution in [2.75, 3.05) is 59.5 Å². The largest absolute Gasteiger partial charge is 0.386 e. The molecule has 124 valence electrons. The normalized spacial score (nSPS) is 18.3. The number of β-amino-alcohol motifs (C(OH)–C–C–N with tert-alkyl or cyclic N) is 1. The van der Waals surface area contributed by atoms with Crippen molar-refractivity contribution in [3.05, 3.63) is 22.4 Å². The number of hydrogen-bond acceptors (Lipinski definition) is 6. The van der Waals surface area contributed by atoms with Crippen molar-refractivity contribution < 1.29 is 14.6 Å². The molecule has 0 aliphatic carbocycles. The molecule has 1 amide bonds. The van der Waals surface area contributed by atoms with Gasteiger partial charge in [0.15, 0.2) is 0 Å². The number of hydrogen-bond donors (Lipinski definition) is 2. The minimum atomic E-state index is -0.413. The molecule has 0 bridgehead atoms. The number of aliphatic hydroxyl groups excluding tert-OH is 1. The summed E-state index contributed by atoms with van der Waals surface area (Å²) in [5, 5.41) is 15.0. The summed E-state index contributed by atoms with van der Waals surface area (Å²) in [7, 11) is 1.62. The third kappa shape index (κ3) is 5.66. The van der Waals surface area contributed by atoms with Gasteiger partial charge in [0.2, 0.25) is 5.91 Å². The van der Waals surface area contributed by atoms with E-state index in [1.807, 2.05) is 17.5 Å². The number of methoxy groups -OCH3 is 1. The van der Waals surface area contributed by atoms with Gasteiger partial charge in [0, 0.05) is 51.3 Å². The van der Waals surface area contributed by atoms with Gasteiger partial charge in [-0.3, -0.25) is 14.6 Å². The summed E-state index contributed by atoms with van der Waals surface area (Å²) in [6, 6.07) is 3.93. The lowest BCUT2D eigenvalue weighted by Gasteiger charge is -2.35. The Morgan fingerprint density at radius 1 is 1.41 bits per heavy atom. The topological polar surface area (TPSA) is 65.0 Å². The minimum absolute atomic E-state index is 0.0455. The molecule has 0 saturated carbocycles. The summed E-state index contributed by atoms with van der Waals surface area (Å²) in [4.78, 5) is 17.2. The summed E-state index contributed by atoms with van der Waals surface area (Å²) in [5.74, 6) is 0.0455. The van der Waals surface area contributed by atoms with E-state index in [2.05, 4.69) is 15.1 Å². The predicted octanol–water partition coefficient (Wildman–Crippen LogP) is 0.162. The SMILES string of the molecule is COCCNC(=O)CN1CCN(CC(O)c2cccs2)CC1.